The second-order valence-corrected chi connectivity index (χ2v) is 19.4. The molecule has 316 valence electrons. The van der Waals surface area contributed by atoms with Gasteiger partial charge in [-0.1, -0.05) is 67.5 Å². The van der Waals surface area contributed by atoms with Crippen LogP contribution in [0.1, 0.15) is 98.4 Å². The van der Waals surface area contributed by atoms with Gasteiger partial charge in [0.15, 0.2) is 5.75 Å². The van der Waals surface area contributed by atoms with E-state index in [0.29, 0.717) is 31.2 Å². The van der Waals surface area contributed by atoms with Gasteiger partial charge in [0, 0.05) is 18.9 Å². The average molecular weight is 831 g/mol. The Kier molecular flexibility index (Phi) is 11.7. The molecule has 2 aliphatic carbocycles. The molecule has 1 aromatic heterocycles. The van der Waals surface area contributed by atoms with Crippen LogP contribution in [-0.2, 0) is 29.1 Å². The van der Waals surface area contributed by atoms with Gasteiger partial charge in [0.05, 0.1) is 29.2 Å². The van der Waals surface area contributed by atoms with Gasteiger partial charge in [0.25, 0.3) is 5.91 Å². The average Bonchev–Trinajstić information content (AvgIpc) is 4.09. The van der Waals surface area contributed by atoms with Crippen LogP contribution in [0.2, 0.25) is 0 Å². The van der Waals surface area contributed by atoms with Crippen molar-refractivity contribution in [2.75, 3.05) is 6.54 Å². The van der Waals surface area contributed by atoms with Crippen molar-refractivity contribution in [2.45, 2.75) is 133 Å². The number of benzene rings is 2. The standard InChI is InChI=1S/C43H54N6O9S/c1-26(2)57-36-33(32-18-13-15-27-14-11-12-17-31(27)32)24-44-49(39(36)52)29-22-35-37(50)46-43(40(53)47-59(55,56)30-20-21-30)23-28(43)16-9-7-6-8-10-19-34(38(51)48(35)25-29)45-41(54)58-42(3,4)5/h9,11-18,24,26,28-30,34-35H,6-8,10,19-23,25H2,1-5H3,(H,45,54)(H,46,50)(H,47,53)/b16-9-/t28-,29?,34+,35+,43?/m1/s1. The molecule has 3 aromatic rings. The molecule has 5 atom stereocenters. The van der Waals surface area contributed by atoms with Gasteiger partial charge in [-0.3, -0.25) is 23.9 Å². The number of ether oxygens (including phenoxy) is 2. The molecule has 1 saturated heterocycles. The molecule has 4 aliphatic rings. The van der Waals surface area contributed by atoms with Gasteiger partial charge >= 0.3 is 11.7 Å². The van der Waals surface area contributed by atoms with Crippen LogP contribution in [-0.4, -0.2) is 88.0 Å². The first kappa shape index (κ1) is 41.9. The summed E-state index contributed by atoms with van der Waals surface area (Å²) in [5, 5.41) is 11.4. The molecule has 7 rings (SSSR count). The number of carbonyl (C=O) groups is 4. The molecule has 16 heteroatoms. The molecule has 4 amide bonds. The monoisotopic (exact) mass is 830 g/mol. The number of aromatic nitrogens is 2. The fraction of sp³-hybridized carbons (Fsp3) is 0.535. The van der Waals surface area contributed by atoms with E-state index in [4.69, 9.17) is 9.47 Å². The van der Waals surface area contributed by atoms with Crippen LogP contribution < -0.4 is 25.7 Å². The maximum Gasteiger partial charge on any atom is 0.408 e. The van der Waals surface area contributed by atoms with Crippen LogP contribution in [0.4, 0.5) is 4.79 Å². The smallest absolute Gasteiger partial charge is 0.408 e. The summed E-state index contributed by atoms with van der Waals surface area (Å²) in [6, 6.07) is 10.4. The van der Waals surface area contributed by atoms with Crippen LogP contribution in [0.25, 0.3) is 21.9 Å². The zero-order chi connectivity index (χ0) is 42.3. The fourth-order valence-corrected chi connectivity index (χ4v) is 9.48. The van der Waals surface area contributed by atoms with Gasteiger partial charge in [0.1, 0.15) is 23.2 Å². The highest BCUT2D eigenvalue weighted by Crippen LogP contribution is 2.46. The highest BCUT2D eigenvalue weighted by atomic mass is 32.2. The molecule has 15 nitrogen and oxygen atoms in total. The predicted octanol–water partition coefficient (Wildman–Crippen LogP) is 4.89. The molecular weight excluding hydrogens is 777 g/mol. The van der Waals surface area contributed by atoms with E-state index in [1.807, 2.05) is 68.5 Å². The molecule has 59 heavy (non-hydrogen) atoms. The van der Waals surface area contributed by atoms with E-state index in [-0.39, 0.29) is 37.7 Å². The Morgan fingerprint density at radius 3 is 2.46 bits per heavy atom. The number of carbonyl (C=O) groups excluding carboxylic acids is 4. The predicted molar refractivity (Wildman–Crippen MR) is 221 cm³/mol. The number of hydrogen-bond acceptors (Lipinski definition) is 10. The van der Waals surface area contributed by atoms with Crippen LogP contribution in [0.15, 0.2) is 65.6 Å². The summed E-state index contributed by atoms with van der Waals surface area (Å²) in [4.78, 5) is 72.1. The first-order chi connectivity index (χ1) is 28.0. The normalized spacial score (nSPS) is 25.8. The Labute approximate surface area is 344 Å². The number of hydrogen-bond donors (Lipinski definition) is 3. The minimum Gasteiger partial charge on any atom is -0.485 e. The van der Waals surface area contributed by atoms with Gasteiger partial charge in [-0.05, 0) is 89.5 Å². The molecule has 2 unspecified atom stereocenters. The van der Waals surface area contributed by atoms with Crippen LogP contribution >= 0.6 is 0 Å². The summed E-state index contributed by atoms with van der Waals surface area (Å²) < 4.78 is 41.0. The lowest BCUT2D eigenvalue weighted by Gasteiger charge is -2.30. The van der Waals surface area contributed by atoms with Crippen molar-refractivity contribution in [3.05, 3.63) is 71.2 Å². The van der Waals surface area contributed by atoms with Gasteiger partial charge in [-0.2, -0.15) is 5.10 Å². The Hall–Kier alpha value is -5.25. The first-order valence-corrected chi connectivity index (χ1v) is 22.1. The van der Waals surface area contributed by atoms with E-state index in [0.717, 1.165) is 29.2 Å². The minimum atomic E-state index is -3.94. The molecular formula is C43H54N6O9S. The molecule has 0 bridgehead atoms. The minimum absolute atomic E-state index is 0.0659. The third-order valence-corrected chi connectivity index (χ3v) is 13.1. The zero-order valence-corrected chi connectivity index (χ0v) is 35.0. The van der Waals surface area contributed by atoms with E-state index in [2.05, 4.69) is 20.5 Å². The Morgan fingerprint density at radius 2 is 1.73 bits per heavy atom. The number of nitrogens with one attached hydrogen (secondary N) is 3. The van der Waals surface area contributed by atoms with Crippen molar-refractivity contribution in [3.8, 4) is 16.9 Å². The SMILES string of the molecule is CC(C)Oc1c(-c2cccc3ccccc23)cnn(C2C[C@H]3C(=O)NC4(C(=O)NS(=O)(=O)C5CC5)C[C@H]4/C=C\CCCCC[C@H](NC(=O)OC(C)(C)C)C(=O)N3C2)c1=O. The van der Waals surface area contributed by atoms with Crippen molar-refractivity contribution >= 4 is 44.6 Å². The lowest BCUT2D eigenvalue weighted by atomic mass is 9.99. The van der Waals surface area contributed by atoms with Gasteiger partial charge in [0.2, 0.25) is 21.8 Å². The van der Waals surface area contributed by atoms with Crippen molar-refractivity contribution in [1.82, 2.24) is 30.0 Å². The summed E-state index contributed by atoms with van der Waals surface area (Å²) in [6.45, 7) is 8.63. The van der Waals surface area contributed by atoms with Crippen molar-refractivity contribution < 1.29 is 37.1 Å². The lowest BCUT2D eigenvalue weighted by Crippen LogP contribution is -2.58. The summed E-state index contributed by atoms with van der Waals surface area (Å²) in [6.07, 6.45) is 8.14. The second-order valence-electron chi connectivity index (χ2n) is 17.4. The van der Waals surface area contributed by atoms with Crippen LogP contribution in [0, 0.1) is 5.92 Å². The molecule has 3 fully saturated rings. The van der Waals surface area contributed by atoms with E-state index >= 15 is 0 Å². The zero-order valence-electron chi connectivity index (χ0n) is 34.2. The van der Waals surface area contributed by atoms with E-state index in [9.17, 15) is 32.4 Å². The van der Waals surface area contributed by atoms with E-state index < -0.39 is 79.8 Å². The highest BCUT2D eigenvalue weighted by Gasteiger charge is 2.62. The van der Waals surface area contributed by atoms with E-state index in [1.165, 1.54) is 9.58 Å². The van der Waals surface area contributed by atoms with Gasteiger partial charge in [-0.25, -0.2) is 17.9 Å². The van der Waals surface area contributed by atoms with E-state index in [1.54, 1.807) is 27.0 Å². The van der Waals surface area contributed by atoms with Gasteiger partial charge in [-0.15, -0.1) is 0 Å². The number of amides is 4. The largest absolute Gasteiger partial charge is 0.485 e. The Bertz CT molecular complexity index is 2330. The molecule has 0 spiro atoms. The Morgan fingerprint density at radius 1 is 0.983 bits per heavy atom. The highest BCUT2D eigenvalue weighted by molar-refractivity contribution is 7.91. The summed E-state index contributed by atoms with van der Waals surface area (Å²) in [7, 11) is -3.94. The molecule has 2 aromatic carbocycles. The lowest BCUT2D eigenvalue weighted by molar-refractivity contribution is -0.141. The fourth-order valence-electron chi connectivity index (χ4n) is 8.12. The summed E-state index contributed by atoms with van der Waals surface area (Å²) in [5.74, 6) is -2.49. The topological polar surface area (TPSA) is 195 Å². The number of alkyl carbamates (subject to hydrolysis) is 1. The van der Waals surface area contributed by atoms with Crippen LogP contribution in [0.3, 0.4) is 0 Å². The molecule has 2 saturated carbocycles. The number of allylic oxidation sites excluding steroid dienone is 1. The maximum atomic E-state index is 14.7. The quantitative estimate of drug-likeness (QED) is 0.263. The van der Waals surface area contributed by atoms with Crippen LogP contribution in [0.5, 0.6) is 5.75 Å². The molecule has 3 heterocycles. The molecule has 2 aliphatic heterocycles. The first-order valence-electron chi connectivity index (χ1n) is 20.6. The number of sulfonamides is 1. The van der Waals surface area contributed by atoms with Crippen molar-refractivity contribution in [1.29, 1.82) is 0 Å². The van der Waals surface area contributed by atoms with Gasteiger partial charge < -0.3 is 25.0 Å². The maximum absolute atomic E-state index is 14.7. The number of fused-ring (bicyclic) bond motifs is 3. The number of rotatable bonds is 8. The molecule has 0 radical (unpaired) electrons. The third-order valence-electron chi connectivity index (χ3n) is 11.3. The Balaban J connectivity index is 1.27. The van der Waals surface area contributed by atoms with Crippen molar-refractivity contribution in [2.24, 2.45) is 5.92 Å². The summed E-state index contributed by atoms with van der Waals surface area (Å²) >= 11 is 0. The third kappa shape index (κ3) is 9.17. The van der Waals surface area contributed by atoms with Crippen molar-refractivity contribution in [3.63, 3.8) is 0 Å². The second kappa shape index (κ2) is 16.4. The summed E-state index contributed by atoms with van der Waals surface area (Å²) in [5.41, 5.74) is -1.72. The molecule has 3 N–H and O–H groups in total. The number of nitrogens with zero attached hydrogens (tertiary/aromatic N) is 3.